The van der Waals surface area contributed by atoms with Crippen molar-refractivity contribution in [3.63, 3.8) is 0 Å². The molecule has 1 unspecified atom stereocenters. The number of fused-ring (bicyclic) bond motifs is 1. The molecule has 8 nitrogen and oxygen atoms in total. The third kappa shape index (κ3) is 6.25. The van der Waals surface area contributed by atoms with E-state index in [0.717, 1.165) is 16.7 Å². The topological polar surface area (TPSA) is 78.5 Å². The van der Waals surface area contributed by atoms with Crippen molar-refractivity contribution in [2.75, 3.05) is 26.3 Å². The lowest BCUT2D eigenvalue weighted by Gasteiger charge is -2.44. The van der Waals surface area contributed by atoms with Crippen LogP contribution in [0.1, 0.15) is 43.4 Å². The van der Waals surface area contributed by atoms with Crippen molar-refractivity contribution in [2.24, 2.45) is 0 Å². The number of hydrogen-bond donors (Lipinski definition) is 1. The summed E-state index contributed by atoms with van der Waals surface area (Å²) in [5.74, 6) is -1.35. The molecule has 2 aromatic carbocycles. The van der Waals surface area contributed by atoms with Crippen molar-refractivity contribution < 1.29 is 32.9 Å². The lowest BCUT2D eigenvalue weighted by Crippen LogP contribution is -2.63. The SMILES string of the molecule is Cc1ccccc1CO[C@]1(C(=O)NN2CCOCC2)CC(OCc2ccc(F)cc2)[C@@H]2OC(C)(C)O[C@@H]2C1. The first kappa shape index (κ1) is 27.2. The number of amides is 1. The van der Waals surface area contributed by atoms with E-state index in [0.29, 0.717) is 32.7 Å². The third-order valence-electron chi connectivity index (χ3n) is 7.48. The van der Waals surface area contributed by atoms with Crippen LogP contribution in [-0.2, 0) is 41.7 Å². The van der Waals surface area contributed by atoms with Gasteiger partial charge in [0.1, 0.15) is 11.9 Å². The second-order valence-corrected chi connectivity index (χ2v) is 10.8. The predicted molar refractivity (Wildman–Crippen MR) is 137 cm³/mol. The molecule has 206 valence electrons. The van der Waals surface area contributed by atoms with Crippen molar-refractivity contribution in [3.05, 3.63) is 71.0 Å². The quantitative estimate of drug-likeness (QED) is 0.561. The van der Waals surface area contributed by atoms with Crippen LogP contribution in [0.15, 0.2) is 48.5 Å². The van der Waals surface area contributed by atoms with E-state index in [1.807, 2.05) is 50.0 Å². The summed E-state index contributed by atoms with van der Waals surface area (Å²) < 4.78 is 44.4. The largest absolute Gasteiger partial charge is 0.379 e. The smallest absolute Gasteiger partial charge is 0.266 e. The molecule has 1 amide bonds. The second-order valence-electron chi connectivity index (χ2n) is 10.8. The minimum atomic E-state index is -1.21. The molecule has 2 aliphatic heterocycles. The van der Waals surface area contributed by atoms with Gasteiger partial charge in [-0.3, -0.25) is 10.2 Å². The van der Waals surface area contributed by atoms with Gasteiger partial charge in [-0.25, -0.2) is 9.40 Å². The maximum Gasteiger partial charge on any atom is 0.266 e. The van der Waals surface area contributed by atoms with Crippen LogP contribution in [-0.4, -0.2) is 66.9 Å². The van der Waals surface area contributed by atoms with E-state index in [-0.39, 0.29) is 37.5 Å². The van der Waals surface area contributed by atoms with Gasteiger partial charge in [-0.15, -0.1) is 0 Å². The van der Waals surface area contributed by atoms with Crippen molar-refractivity contribution >= 4 is 5.91 Å². The summed E-state index contributed by atoms with van der Waals surface area (Å²) in [5, 5.41) is 1.88. The van der Waals surface area contributed by atoms with E-state index in [4.69, 9.17) is 23.7 Å². The van der Waals surface area contributed by atoms with E-state index in [1.54, 1.807) is 12.1 Å². The Labute approximate surface area is 223 Å². The van der Waals surface area contributed by atoms with E-state index >= 15 is 0 Å². The Kier molecular flexibility index (Phi) is 8.14. The summed E-state index contributed by atoms with van der Waals surface area (Å²) in [5.41, 5.74) is 4.81. The van der Waals surface area contributed by atoms with Crippen molar-refractivity contribution in [1.82, 2.24) is 10.4 Å². The van der Waals surface area contributed by atoms with Crippen LogP contribution in [0.2, 0.25) is 0 Å². The average molecular weight is 529 g/mol. The molecule has 2 aromatic rings. The molecule has 2 saturated heterocycles. The molecule has 4 atom stereocenters. The molecule has 0 spiro atoms. The van der Waals surface area contributed by atoms with Gasteiger partial charge < -0.3 is 23.7 Å². The van der Waals surface area contributed by atoms with Crippen molar-refractivity contribution in [1.29, 1.82) is 0 Å². The molecule has 3 fully saturated rings. The highest BCUT2D eigenvalue weighted by atomic mass is 19.1. The zero-order chi connectivity index (χ0) is 26.8. The summed E-state index contributed by atoms with van der Waals surface area (Å²) in [6.45, 7) is 8.59. The van der Waals surface area contributed by atoms with Gasteiger partial charge in [0, 0.05) is 25.9 Å². The molecule has 9 heteroatoms. The molecule has 1 N–H and O–H groups in total. The Bertz CT molecular complexity index is 1110. The molecule has 1 aliphatic carbocycles. The Balaban J connectivity index is 1.41. The summed E-state index contributed by atoms with van der Waals surface area (Å²) in [7, 11) is 0. The van der Waals surface area contributed by atoms with Gasteiger partial charge in [0.25, 0.3) is 5.91 Å². The van der Waals surface area contributed by atoms with Crippen molar-refractivity contribution in [2.45, 2.75) is 76.5 Å². The molecule has 3 aliphatic rings. The first-order chi connectivity index (χ1) is 18.2. The lowest BCUT2D eigenvalue weighted by atomic mass is 9.78. The maximum absolute atomic E-state index is 14.0. The minimum absolute atomic E-state index is 0.227. The lowest BCUT2D eigenvalue weighted by molar-refractivity contribution is -0.187. The minimum Gasteiger partial charge on any atom is -0.379 e. The summed E-state index contributed by atoms with van der Waals surface area (Å²) in [6.07, 6.45) is -0.620. The maximum atomic E-state index is 14.0. The Hall–Kier alpha value is -2.40. The van der Waals surface area contributed by atoms with Gasteiger partial charge in [-0.2, -0.15) is 0 Å². The molecule has 1 saturated carbocycles. The fourth-order valence-corrected chi connectivity index (χ4v) is 5.40. The molecular formula is C29H37FN2O6. The Morgan fingerprint density at radius 3 is 2.53 bits per heavy atom. The number of hydrazine groups is 1. The van der Waals surface area contributed by atoms with Crippen molar-refractivity contribution in [3.8, 4) is 0 Å². The molecule has 38 heavy (non-hydrogen) atoms. The van der Waals surface area contributed by atoms with Crippen LogP contribution in [0.5, 0.6) is 0 Å². The number of carbonyl (C=O) groups is 1. The van der Waals surface area contributed by atoms with Crippen LogP contribution in [0.4, 0.5) is 4.39 Å². The van der Waals surface area contributed by atoms with E-state index in [2.05, 4.69) is 5.43 Å². The van der Waals surface area contributed by atoms with Gasteiger partial charge in [-0.1, -0.05) is 36.4 Å². The molecule has 2 heterocycles. The zero-order valence-corrected chi connectivity index (χ0v) is 22.3. The number of halogens is 1. The van der Waals surface area contributed by atoms with E-state index in [1.165, 1.54) is 12.1 Å². The number of nitrogens with one attached hydrogen (secondary N) is 1. The monoisotopic (exact) mass is 528 g/mol. The van der Waals surface area contributed by atoms with Gasteiger partial charge in [0.05, 0.1) is 38.6 Å². The van der Waals surface area contributed by atoms with Crippen LogP contribution in [0, 0.1) is 12.7 Å². The van der Waals surface area contributed by atoms with Crippen LogP contribution in [0.3, 0.4) is 0 Å². The Morgan fingerprint density at radius 2 is 1.79 bits per heavy atom. The zero-order valence-electron chi connectivity index (χ0n) is 22.3. The molecule has 0 aromatic heterocycles. The van der Waals surface area contributed by atoms with Gasteiger partial charge in [-0.05, 0) is 49.6 Å². The van der Waals surface area contributed by atoms with Crippen LogP contribution >= 0.6 is 0 Å². The van der Waals surface area contributed by atoms with Gasteiger partial charge in [0.15, 0.2) is 11.4 Å². The van der Waals surface area contributed by atoms with Gasteiger partial charge in [0.2, 0.25) is 0 Å². The fraction of sp³-hybridized carbons (Fsp3) is 0.552. The molecule has 5 rings (SSSR count). The predicted octanol–water partition coefficient (Wildman–Crippen LogP) is 3.65. The molecule has 0 bridgehead atoms. The standard InChI is InChI=1S/C29H37FN2O6/c1-20-6-4-5-7-22(20)19-36-29(27(33)31-32-12-14-34-15-13-32)16-24(26-25(17-29)37-28(2,3)38-26)35-18-21-8-10-23(30)11-9-21/h4-11,24-26H,12-19H2,1-3H3,(H,31,33)/t24?,25-,26+,29-/m1/s1. The summed E-state index contributed by atoms with van der Waals surface area (Å²) >= 11 is 0. The number of carbonyl (C=O) groups excluding carboxylic acids is 1. The first-order valence-electron chi connectivity index (χ1n) is 13.3. The first-order valence-corrected chi connectivity index (χ1v) is 13.3. The number of morpholine rings is 1. The summed E-state index contributed by atoms with van der Waals surface area (Å²) in [4.78, 5) is 14.0. The van der Waals surface area contributed by atoms with Crippen LogP contribution in [0.25, 0.3) is 0 Å². The number of aryl methyl sites for hydroxylation is 1. The normalized spacial score (nSPS) is 29.1. The number of benzene rings is 2. The molecule has 0 radical (unpaired) electrons. The average Bonchev–Trinajstić information content (AvgIpc) is 3.22. The van der Waals surface area contributed by atoms with E-state index in [9.17, 15) is 9.18 Å². The third-order valence-corrected chi connectivity index (χ3v) is 7.48. The highest BCUT2D eigenvalue weighted by molar-refractivity contribution is 5.85. The Morgan fingerprint density at radius 1 is 1.05 bits per heavy atom. The summed E-state index contributed by atoms with van der Waals surface area (Å²) in [6, 6.07) is 14.2. The highest BCUT2D eigenvalue weighted by Crippen LogP contribution is 2.44. The number of rotatable bonds is 8. The van der Waals surface area contributed by atoms with E-state index < -0.39 is 23.6 Å². The molecular weight excluding hydrogens is 491 g/mol. The fourth-order valence-electron chi connectivity index (χ4n) is 5.40. The number of nitrogens with zero attached hydrogens (tertiary/aromatic N) is 1. The van der Waals surface area contributed by atoms with Crippen LogP contribution < -0.4 is 5.43 Å². The number of hydrogen-bond acceptors (Lipinski definition) is 7. The number of ether oxygens (including phenoxy) is 5. The highest BCUT2D eigenvalue weighted by Gasteiger charge is 2.58. The second kappa shape index (κ2) is 11.4. The van der Waals surface area contributed by atoms with Gasteiger partial charge >= 0.3 is 0 Å².